The summed E-state index contributed by atoms with van der Waals surface area (Å²) in [7, 11) is 1.69. The maximum atomic E-state index is 5.34. The van der Waals surface area contributed by atoms with Gasteiger partial charge in [0.15, 0.2) is 5.76 Å². The Labute approximate surface area is 105 Å². The van der Waals surface area contributed by atoms with Crippen LogP contribution in [-0.2, 0) is 11.3 Å². The molecule has 2 aromatic heterocycles. The molecule has 1 N–H and O–H groups in total. The normalized spacial score (nSPS) is 10.9. The average Bonchev–Trinajstić information content (AvgIpc) is 2.93. The van der Waals surface area contributed by atoms with E-state index in [9.17, 15) is 0 Å². The van der Waals surface area contributed by atoms with Crippen LogP contribution in [0.2, 0.25) is 0 Å². The second kappa shape index (κ2) is 5.95. The highest BCUT2D eigenvalue weighted by atomic mass is 32.1. The number of ether oxygens (including phenoxy) is 1. The summed E-state index contributed by atoms with van der Waals surface area (Å²) in [5.41, 5.74) is 2.15. The van der Waals surface area contributed by atoms with Gasteiger partial charge >= 0.3 is 0 Å². The van der Waals surface area contributed by atoms with Crippen molar-refractivity contribution in [3.05, 3.63) is 28.8 Å². The summed E-state index contributed by atoms with van der Waals surface area (Å²) in [6, 6.07) is 4.07. The first kappa shape index (κ1) is 12.3. The Hall–Kier alpha value is -1.17. The maximum Gasteiger partial charge on any atom is 0.177 e. The second-order valence-corrected chi connectivity index (χ2v) is 4.70. The molecule has 17 heavy (non-hydrogen) atoms. The molecule has 0 fully saturated rings. The van der Waals surface area contributed by atoms with Crippen LogP contribution in [-0.4, -0.2) is 25.4 Å². The minimum absolute atomic E-state index is 0.703. The van der Waals surface area contributed by atoms with E-state index in [0.717, 1.165) is 22.9 Å². The lowest BCUT2D eigenvalue weighted by atomic mass is 10.2. The second-order valence-electron chi connectivity index (χ2n) is 3.78. The third-order valence-electron chi connectivity index (χ3n) is 2.43. The molecule has 0 spiro atoms. The van der Waals surface area contributed by atoms with Crippen LogP contribution in [0.15, 0.2) is 22.0 Å². The number of hydrogen-bond acceptors (Lipinski definition) is 5. The van der Waals surface area contributed by atoms with E-state index in [1.54, 1.807) is 18.4 Å². The van der Waals surface area contributed by atoms with E-state index in [0.29, 0.717) is 13.2 Å². The SMILES string of the molecule is COCCNCc1cc(-c2sccc2C)on1. The molecule has 0 aliphatic carbocycles. The zero-order chi connectivity index (χ0) is 12.1. The third-order valence-corrected chi connectivity index (χ3v) is 3.46. The minimum Gasteiger partial charge on any atom is -0.383 e. The Morgan fingerprint density at radius 1 is 1.53 bits per heavy atom. The van der Waals surface area contributed by atoms with Crippen molar-refractivity contribution in [2.75, 3.05) is 20.3 Å². The zero-order valence-electron chi connectivity index (χ0n) is 10.0. The number of methoxy groups -OCH3 is 1. The van der Waals surface area contributed by atoms with E-state index < -0.39 is 0 Å². The number of aryl methyl sites for hydroxylation is 1. The van der Waals surface area contributed by atoms with Gasteiger partial charge in [0.2, 0.25) is 0 Å². The van der Waals surface area contributed by atoms with Gasteiger partial charge in [-0.3, -0.25) is 0 Å². The van der Waals surface area contributed by atoms with Gasteiger partial charge in [-0.2, -0.15) is 0 Å². The first-order valence-corrected chi connectivity index (χ1v) is 6.39. The predicted octanol–water partition coefficient (Wildman–Crippen LogP) is 2.45. The van der Waals surface area contributed by atoms with E-state index in [-0.39, 0.29) is 0 Å². The molecule has 0 aliphatic rings. The minimum atomic E-state index is 0.703. The Morgan fingerprint density at radius 3 is 3.12 bits per heavy atom. The Kier molecular flexibility index (Phi) is 4.30. The van der Waals surface area contributed by atoms with Gasteiger partial charge < -0.3 is 14.6 Å². The van der Waals surface area contributed by atoms with Crippen LogP contribution in [0.4, 0.5) is 0 Å². The van der Waals surface area contributed by atoms with Gasteiger partial charge in [-0.05, 0) is 23.9 Å². The topological polar surface area (TPSA) is 47.3 Å². The fraction of sp³-hybridized carbons (Fsp3) is 0.417. The number of nitrogens with one attached hydrogen (secondary N) is 1. The highest BCUT2D eigenvalue weighted by Crippen LogP contribution is 2.29. The molecule has 5 heteroatoms. The lowest BCUT2D eigenvalue weighted by molar-refractivity contribution is 0.199. The van der Waals surface area contributed by atoms with Gasteiger partial charge in [-0.25, -0.2) is 0 Å². The van der Waals surface area contributed by atoms with Crippen molar-refractivity contribution in [1.29, 1.82) is 0 Å². The van der Waals surface area contributed by atoms with Crippen LogP contribution in [0.3, 0.4) is 0 Å². The van der Waals surface area contributed by atoms with Gasteiger partial charge in [-0.1, -0.05) is 5.16 Å². The molecule has 0 saturated carbocycles. The molecular formula is C12H16N2O2S. The summed E-state index contributed by atoms with van der Waals surface area (Å²) in [4.78, 5) is 1.15. The molecule has 2 rings (SSSR count). The third kappa shape index (κ3) is 3.15. The van der Waals surface area contributed by atoms with Crippen LogP contribution in [0.25, 0.3) is 10.6 Å². The van der Waals surface area contributed by atoms with Crippen molar-refractivity contribution in [3.8, 4) is 10.6 Å². The summed E-state index contributed by atoms with van der Waals surface area (Å²) in [5.74, 6) is 0.848. The van der Waals surface area contributed by atoms with Crippen LogP contribution < -0.4 is 5.32 Å². The molecule has 0 aromatic carbocycles. The summed E-state index contributed by atoms with van der Waals surface area (Å²) in [6.45, 7) is 4.30. The smallest absolute Gasteiger partial charge is 0.177 e. The van der Waals surface area contributed by atoms with Crippen LogP contribution in [0.5, 0.6) is 0 Å². The summed E-state index contributed by atoms with van der Waals surface area (Å²) in [6.07, 6.45) is 0. The molecule has 2 heterocycles. The molecule has 0 atom stereocenters. The predicted molar refractivity (Wildman–Crippen MR) is 68.1 cm³/mol. The van der Waals surface area contributed by atoms with Crippen LogP contribution in [0, 0.1) is 6.92 Å². The molecule has 92 valence electrons. The fourth-order valence-corrected chi connectivity index (χ4v) is 2.39. The van der Waals surface area contributed by atoms with Crippen molar-refractivity contribution in [1.82, 2.24) is 10.5 Å². The monoisotopic (exact) mass is 252 g/mol. The van der Waals surface area contributed by atoms with Gasteiger partial charge in [0.05, 0.1) is 17.2 Å². The van der Waals surface area contributed by atoms with E-state index in [1.807, 2.05) is 6.07 Å². The van der Waals surface area contributed by atoms with E-state index in [1.165, 1.54) is 5.56 Å². The van der Waals surface area contributed by atoms with E-state index in [4.69, 9.17) is 9.26 Å². The number of nitrogens with zero attached hydrogens (tertiary/aromatic N) is 1. The van der Waals surface area contributed by atoms with Crippen molar-refractivity contribution in [2.24, 2.45) is 0 Å². The first-order valence-electron chi connectivity index (χ1n) is 5.51. The van der Waals surface area contributed by atoms with Crippen molar-refractivity contribution in [2.45, 2.75) is 13.5 Å². The summed E-state index contributed by atoms with van der Waals surface area (Å²) >= 11 is 1.67. The van der Waals surface area contributed by atoms with Crippen molar-refractivity contribution in [3.63, 3.8) is 0 Å². The fourth-order valence-electron chi connectivity index (χ4n) is 1.52. The van der Waals surface area contributed by atoms with E-state index >= 15 is 0 Å². The molecule has 0 bridgehead atoms. The lowest BCUT2D eigenvalue weighted by Gasteiger charge is -1.99. The van der Waals surface area contributed by atoms with E-state index in [2.05, 4.69) is 28.8 Å². The number of rotatable bonds is 6. The Bertz CT molecular complexity index is 465. The summed E-state index contributed by atoms with van der Waals surface area (Å²) < 4.78 is 10.3. The summed E-state index contributed by atoms with van der Waals surface area (Å²) in [5, 5.41) is 9.33. The standard InChI is InChI=1S/C12H16N2O2S/c1-9-3-6-17-12(9)11-7-10(14-16-11)8-13-4-5-15-2/h3,6-7,13H,4-5,8H2,1-2H3. The molecule has 4 nitrogen and oxygen atoms in total. The average molecular weight is 252 g/mol. The quantitative estimate of drug-likeness (QED) is 0.802. The van der Waals surface area contributed by atoms with Gasteiger partial charge in [0.1, 0.15) is 0 Å². The largest absolute Gasteiger partial charge is 0.383 e. The number of aromatic nitrogens is 1. The van der Waals surface area contributed by atoms with Crippen molar-refractivity contribution < 1.29 is 9.26 Å². The van der Waals surface area contributed by atoms with Crippen LogP contribution in [0.1, 0.15) is 11.3 Å². The Morgan fingerprint density at radius 2 is 2.41 bits per heavy atom. The number of hydrogen-bond donors (Lipinski definition) is 1. The highest BCUT2D eigenvalue weighted by molar-refractivity contribution is 7.13. The maximum absolute atomic E-state index is 5.34. The molecule has 2 aromatic rings. The molecular weight excluding hydrogens is 236 g/mol. The number of thiophene rings is 1. The molecule has 0 amide bonds. The first-order chi connectivity index (χ1) is 8.31. The highest BCUT2D eigenvalue weighted by Gasteiger charge is 2.09. The Balaban J connectivity index is 1.95. The molecule has 0 aliphatic heterocycles. The van der Waals surface area contributed by atoms with Gasteiger partial charge in [0.25, 0.3) is 0 Å². The molecule has 0 saturated heterocycles. The molecule has 0 radical (unpaired) electrons. The van der Waals surface area contributed by atoms with Gasteiger partial charge in [-0.15, -0.1) is 11.3 Å². The van der Waals surface area contributed by atoms with Gasteiger partial charge in [0, 0.05) is 26.3 Å². The van der Waals surface area contributed by atoms with Crippen LogP contribution >= 0.6 is 11.3 Å². The lowest BCUT2D eigenvalue weighted by Crippen LogP contribution is -2.18. The molecule has 0 unspecified atom stereocenters. The van der Waals surface area contributed by atoms with Crippen molar-refractivity contribution >= 4 is 11.3 Å². The zero-order valence-corrected chi connectivity index (χ0v) is 10.8.